The van der Waals surface area contributed by atoms with Gasteiger partial charge in [-0.3, -0.25) is 9.79 Å². The Morgan fingerprint density at radius 2 is 2.12 bits per heavy atom. The lowest BCUT2D eigenvalue weighted by Gasteiger charge is -2.15. The van der Waals surface area contributed by atoms with Gasteiger partial charge in [0.25, 0.3) is 0 Å². The Labute approximate surface area is 164 Å². The van der Waals surface area contributed by atoms with Crippen LogP contribution in [0, 0.1) is 5.92 Å². The van der Waals surface area contributed by atoms with E-state index in [1.54, 1.807) is 0 Å². The van der Waals surface area contributed by atoms with Gasteiger partial charge < -0.3 is 20.3 Å². The van der Waals surface area contributed by atoms with Gasteiger partial charge in [0, 0.05) is 52.4 Å². The van der Waals surface area contributed by atoms with E-state index in [1.807, 2.05) is 4.90 Å². The number of rotatable bonds is 11. The van der Waals surface area contributed by atoms with E-state index in [0.29, 0.717) is 18.2 Å². The van der Waals surface area contributed by atoms with Crippen molar-refractivity contribution in [1.29, 1.82) is 0 Å². The number of hydrogen-bond acceptors (Lipinski definition) is 3. The van der Waals surface area contributed by atoms with Crippen LogP contribution < -0.4 is 10.6 Å². The normalized spacial score (nSPS) is 14.9. The molecule has 1 saturated heterocycles. The number of aliphatic imine (C=N–C) groups is 1. The van der Waals surface area contributed by atoms with E-state index in [0.717, 1.165) is 71.2 Å². The molecule has 1 amide bonds. The molecule has 1 rings (SSSR count). The Morgan fingerprint density at radius 3 is 2.75 bits per heavy atom. The fourth-order valence-corrected chi connectivity index (χ4v) is 2.43. The van der Waals surface area contributed by atoms with Crippen LogP contribution in [-0.2, 0) is 9.53 Å². The summed E-state index contributed by atoms with van der Waals surface area (Å²) in [6.07, 6.45) is 3.61. The van der Waals surface area contributed by atoms with Crippen LogP contribution in [0.15, 0.2) is 4.99 Å². The van der Waals surface area contributed by atoms with Crippen LogP contribution >= 0.6 is 24.0 Å². The van der Waals surface area contributed by atoms with Crippen LogP contribution in [0.25, 0.3) is 0 Å². The molecule has 6 nitrogen and oxygen atoms in total. The second kappa shape index (κ2) is 14.7. The van der Waals surface area contributed by atoms with Crippen molar-refractivity contribution in [3.63, 3.8) is 0 Å². The molecule has 0 spiro atoms. The predicted octanol–water partition coefficient (Wildman–Crippen LogP) is 2.23. The van der Waals surface area contributed by atoms with Crippen LogP contribution in [0.4, 0.5) is 0 Å². The molecule has 0 bridgehead atoms. The van der Waals surface area contributed by atoms with Gasteiger partial charge in [0.15, 0.2) is 5.96 Å². The van der Waals surface area contributed by atoms with E-state index in [4.69, 9.17) is 4.74 Å². The maximum atomic E-state index is 11.5. The van der Waals surface area contributed by atoms with Crippen molar-refractivity contribution in [2.24, 2.45) is 10.9 Å². The Kier molecular flexibility index (Phi) is 14.4. The number of carbonyl (C=O) groups is 1. The largest absolute Gasteiger partial charge is 0.381 e. The average Bonchev–Trinajstić information content (AvgIpc) is 2.92. The lowest BCUT2D eigenvalue weighted by molar-refractivity contribution is -0.127. The monoisotopic (exact) mass is 454 g/mol. The number of nitrogens with zero attached hydrogens (tertiary/aromatic N) is 2. The smallest absolute Gasteiger partial charge is 0.222 e. The molecule has 24 heavy (non-hydrogen) atoms. The topological polar surface area (TPSA) is 66.0 Å². The molecule has 142 valence electrons. The van der Waals surface area contributed by atoms with Gasteiger partial charge in [-0.05, 0) is 32.1 Å². The van der Waals surface area contributed by atoms with Gasteiger partial charge in [-0.1, -0.05) is 13.8 Å². The molecule has 0 atom stereocenters. The summed E-state index contributed by atoms with van der Waals surface area (Å²) >= 11 is 0. The summed E-state index contributed by atoms with van der Waals surface area (Å²) in [6.45, 7) is 12.2. The lowest BCUT2D eigenvalue weighted by atomic mass is 10.2. The zero-order valence-corrected chi connectivity index (χ0v) is 17.8. The molecule has 0 aromatic carbocycles. The van der Waals surface area contributed by atoms with Crippen LogP contribution in [0.2, 0.25) is 0 Å². The SMILES string of the molecule is CCNC(=NCCCN1CCCC1=O)NCCCOCC(C)C.I. The van der Waals surface area contributed by atoms with Crippen LogP contribution in [0.3, 0.4) is 0 Å². The molecule has 1 aliphatic rings. The highest BCUT2D eigenvalue weighted by Crippen LogP contribution is 2.09. The minimum Gasteiger partial charge on any atom is -0.381 e. The molecule has 0 aromatic rings. The maximum absolute atomic E-state index is 11.5. The molecule has 0 aliphatic carbocycles. The first-order valence-corrected chi connectivity index (χ1v) is 9.01. The minimum atomic E-state index is 0. The Hall–Kier alpha value is -0.570. The number of nitrogens with one attached hydrogen (secondary N) is 2. The molecular formula is C17H35IN4O2. The highest BCUT2D eigenvalue weighted by molar-refractivity contribution is 14.0. The number of amides is 1. The number of hydrogen-bond donors (Lipinski definition) is 2. The Balaban J connectivity index is 0.00000529. The predicted molar refractivity (Wildman–Crippen MR) is 110 cm³/mol. The molecule has 0 saturated carbocycles. The Morgan fingerprint density at radius 1 is 1.33 bits per heavy atom. The highest BCUT2D eigenvalue weighted by Gasteiger charge is 2.18. The second-order valence-electron chi connectivity index (χ2n) is 6.35. The number of halogens is 1. The summed E-state index contributed by atoms with van der Waals surface area (Å²) in [7, 11) is 0. The van der Waals surface area contributed by atoms with Gasteiger partial charge >= 0.3 is 0 Å². The summed E-state index contributed by atoms with van der Waals surface area (Å²) in [6, 6.07) is 0. The van der Waals surface area contributed by atoms with E-state index < -0.39 is 0 Å². The quantitative estimate of drug-likeness (QED) is 0.218. The number of ether oxygens (including phenoxy) is 1. The van der Waals surface area contributed by atoms with Crippen molar-refractivity contribution in [3.8, 4) is 0 Å². The van der Waals surface area contributed by atoms with E-state index in [2.05, 4.69) is 36.4 Å². The van der Waals surface area contributed by atoms with Gasteiger partial charge in [0.05, 0.1) is 0 Å². The fraction of sp³-hybridized carbons (Fsp3) is 0.882. The maximum Gasteiger partial charge on any atom is 0.222 e. The molecule has 2 N–H and O–H groups in total. The number of likely N-dealkylation sites (tertiary alicyclic amines) is 1. The summed E-state index contributed by atoms with van der Waals surface area (Å²) in [5.74, 6) is 1.73. The van der Waals surface area contributed by atoms with Crippen molar-refractivity contribution in [2.75, 3.05) is 45.9 Å². The standard InChI is InChI=1S/C17H34N4O2.HI/c1-4-18-17(20-10-7-13-23-14-15(2)3)19-9-6-12-21-11-5-8-16(21)22;/h15H,4-14H2,1-3H3,(H2,18,19,20);1H. The van der Waals surface area contributed by atoms with E-state index >= 15 is 0 Å². The van der Waals surface area contributed by atoms with Crippen LogP contribution in [-0.4, -0.2) is 62.7 Å². The summed E-state index contributed by atoms with van der Waals surface area (Å²) in [5, 5.41) is 6.57. The zero-order chi connectivity index (χ0) is 16.9. The average molecular weight is 454 g/mol. The van der Waals surface area contributed by atoms with E-state index in [-0.39, 0.29) is 24.0 Å². The molecule has 0 unspecified atom stereocenters. The minimum absolute atomic E-state index is 0. The molecule has 1 heterocycles. The third kappa shape index (κ3) is 11.1. The number of carbonyl (C=O) groups excluding carboxylic acids is 1. The summed E-state index contributed by atoms with van der Waals surface area (Å²) in [5.41, 5.74) is 0. The van der Waals surface area contributed by atoms with Crippen molar-refractivity contribution < 1.29 is 9.53 Å². The van der Waals surface area contributed by atoms with Crippen molar-refractivity contribution in [2.45, 2.75) is 46.5 Å². The van der Waals surface area contributed by atoms with Crippen molar-refractivity contribution >= 4 is 35.8 Å². The van der Waals surface area contributed by atoms with Gasteiger partial charge in [-0.25, -0.2) is 0 Å². The van der Waals surface area contributed by atoms with Crippen molar-refractivity contribution in [1.82, 2.24) is 15.5 Å². The van der Waals surface area contributed by atoms with E-state index in [9.17, 15) is 4.79 Å². The van der Waals surface area contributed by atoms with Crippen LogP contribution in [0.5, 0.6) is 0 Å². The first kappa shape index (κ1) is 23.4. The first-order valence-electron chi connectivity index (χ1n) is 9.01. The third-order valence-electron chi connectivity index (χ3n) is 3.58. The second-order valence-corrected chi connectivity index (χ2v) is 6.35. The lowest BCUT2D eigenvalue weighted by Crippen LogP contribution is -2.38. The van der Waals surface area contributed by atoms with Gasteiger partial charge in [-0.2, -0.15) is 0 Å². The Bertz CT molecular complexity index is 364. The highest BCUT2D eigenvalue weighted by atomic mass is 127. The molecule has 1 fully saturated rings. The summed E-state index contributed by atoms with van der Waals surface area (Å²) in [4.78, 5) is 18.0. The fourth-order valence-electron chi connectivity index (χ4n) is 2.43. The molecular weight excluding hydrogens is 419 g/mol. The van der Waals surface area contributed by atoms with Gasteiger partial charge in [0.2, 0.25) is 5.91 Å². The van der Waals surface area contributed by atoms with Gasteiger partial charge in [-0.15, -0.1) is 24.0 Å². The van der Waals surface area contributed by atoms with E-state index in [1.165, 1.54) is 0 Å². The van der Waals surface area contributed by atoms with Crippen molar-refractivity contribution in [3.05, 3.63) is 0 Å². The molecule has 7 heteroatoms. The van der Waals surface area contributed by atoms with Gasteiger partial charge in [0.1, 0.15) is 0 Å². The molecule has 0 aromatic heterocycles. The molecule has 0 radical (unpaired) electrons. The third-order valence-corrected chi connectivity index (χ3v) is 3.58. The molecule has 1 aliphatic heterocycles. The van der Waals surface area contributed by atoms with Crippen LogP contribution in [0.1, 0.15) is 46.5 Å². The number of guanidine groups is 1. The first-order chi connectivity index (χ1) is 11.1. The zero-order valence-electron chi connectivity index (χ0n) is 15.5. The summed E-state index contributed by atoms with van der Waals surface area (Å²) < 4.78 is 5.56.